The van der Waals surface area contributed by atoms with E-state index >= 15 is 0 Å². The summed E-state index contributed by atoms with van der Waals surface area (Å²) in [6.45, 7) is 4.33. The molecule has 1 unspecified atom stereocenters. The average Bonchev–Trinajstić information content (AvgIpc) is 3.01. The maximum Gasteiger partial charge on any atom is 0.242 e. The van der Waals surface area contributed by atoms with Crippen molar-refractivity contribution in [2.45, 2.75) is 45.7 Å². The van der Waals surface area contributed by atoms with Gasteiger partial charge < -0.3 is 10.2 Å². The molecule has 0 aromatic heterocycles. The second-order valence-corrected chi connectivity index (χ2v) is 7.81. The number of rotatable bonds is 8. The zero-order valence-corrected chi connectivity index (χ0v) is 17.5. The Hall–Kier alpha value is -2.96. The van der Waals surface area contributed by atoms with Crippen LogP contribution in [-0.2, 0) is 25.7 Å². The Bertz CT molecular complexity index is 810. The highest BCUT2D eigenvalue weighted by Crippen LogP contribution is 2.35. The molecule has 0 radical (unpaired) electrons. The van der Waals surface area contributed by atoms with Crippen molar-refractivity contribution in [2.75, 3.05) is 13.1 Å². The average molecular weight is 412 g/mol. The Kier molecular flexibility index (Phi) is 7.03. The molecule has 7 nitrogen and oxygen atoms in total. The fourth-order valence-corrected chi connectivity index (χ4v) is 4.13. The fraction of sp³-hybridized carbons (Fsp3) is 0.478. The van der Waals surface area contributed by atoms with E-state index in [2.05, 4.69) is 5.32 Å². The number of benzene rings is 1. The fourth-order valence-electron chi connectivity index (χ4n) is 4.13. The first-order chi connectivity index (χ1) is 14.4. The third-order valence-electron chi connectivity index (χ3n) is 5.86. The normalized spacial score (nSPS) is 21.3. The molecule has 0 spiro atoms. The molecule has 1 fully saturated rings. The molecule has 7 heteroatoms. The van der Waals surface area contributed by atoms with Gasteiger partial charge in [-0.3, -0.25) is 24.1 Å². The number of imide groups is 1. The van der Waals surface area contributed by atoms with Gasteiger partial charge in [0.1, 0.15) is 6.04 Å². The minimum Gasteiger partial charge on any atom is -0.355 e. The molecular formula is C23H29N3O4. The van der Waals surface area contributed by atoms with E-state index in [-0.39, 0.29) is 55.0 Å². The van der Waals surface area contributed by atoms with Crippen LogP contribution in [0.4, 0.5) is 0 Å². The standard InChI is InChI=1S/C23H29N3O4/c1-3-24-21(28)16(2)26(15-17-9-5-4-6-10-17)20(27)13-14-25-22(29)18-11-7-8-12-19(18)23(25)30/h4-10,16,18-19H,3,11-15H2,1-2H3,(H,24,28)/t16?,18-,19+. The van der Waals surface area contributed by atoms with Crippen LogP contribution in [0.2, 0.25) is 0 Å². The van der Waals surface area contributed by atoms with Crippen LogP contribution in [0.5, 0.6) is 0 Å². The van der Waals surface area contributed by atoms with Crippen LogP contribution in [-0.4, -0.2) is 52.6 Å². The number of amides is 4. The number of allylic oxidation sites excluding steroid dienone is 2. The lowest BCUT2D eigenvalue weighted by molar-refractivity contribution is -0.143. The molecule has 1 heterocycles. The third kappa shape index (κ3) is 4.61. The molecule has 160 valence electrons. The van der Waals surface area contributed by atoms with Crippen molar-refractivity contribution in [1.82, 2.24) is 15.1 Å². The third-order valence-corrected chi connectivity index (χ3v) is 5.86. The van der Waals surface area contributed by atoms with Gasteiger partial charge in [0.15, 0.2) is 0 Å². The van der Waals surface area contributed by atoms with Crippen LogP contribution in [0.3, 0.4) is 0 Å². The van der Waals surface area contributed by atoms with Crippen LogP contribution in [0.1, 0.15) is 38.7 Å². The van der Waals surface area contributed by atoms with Gasteiger partial charge in [-0.2, -0.15) is 0 Å². The Morgan fingerprint density at radius 3 is 2.27 bits per heavy atom. The summed E-state index contributed by atoms with van der Waals surface area (Å²) in [5.74, 6) is -1.46. The minimum absolute atomic E-state index is 0.000920. The molecule has 30 heavy (non-hydrogen) atoms. The highest BCUT2D eigenvalue weighted by molar-refractivity contribution is 6.05. The number of likely N-dealkylation sites (N-methyl/N-ethyl adjacent to an activating group) is 1. The van der Waals surface area contributed by atoms with Crippen molar-refractivity contribution in [3.05, 3.63) is 48.0 Å². The number of nitrogens with one attached hydrogen (secondary N) is 1. The van der Waals surface area contributed by atoms with Crippen LogP contribution >= 0.6 is 0 Å². The minimum atomic E-state index is -0.658. The van der Waals surface area contributed by atoms with Crippen molar-refractivity contribution < 1.29 is 19.2 Å². The lowest BCUT2D eigenvalue weighted by Crippen LogP contribution is -2.48. The molecule has 1 aliphatic carbocycles. The van der Waals surface area contributed by atoms with Crippen LogP contribution < -0.4 is 5.32 Å². The molecule has 1 aromatic carbocycles. The van der Waals surface area contributed by atoms with E-state index in [1.165, 1.54) is 9.80 Å². The first-order valence-electron chi connectivity index (χ1n) is 10.5. The second-order valence-electron chi connectivity index (χ2n) is 7.81. The smallest absolute Gasteiger partial charge is 0.242 e. The van der Waals surface area contributed by atoms with E-state index in [1.807, 2.05) is 49.4 Å². The lowest BCUT2D eigenvalue weighted by atomic mass is 9.85. The molecular weight excluding hydrogens is 382 g/mol. The van der Waals surface area contributed by atoms with Gasteiger partial charge in [-0.25, -0.2) is 0 Å². The maximum atomic E-state index is 13.1. The number of carbonyl (C=O) groups excluding carboxylic acids is 4. The Labute approximate surface area is 177 Å². The highest BCUT2D eigenvalue weighted by Gasteiger charge is 2.47. The maximum absolute atomic E-state index is 13.1. The van der Waals surface area contributed by atoms with Crippen molar-refractivity contribution >= 4 is 23.6 Å². The molecule has 0 bridgehead atoms. The van der Waals surface area contributed by atoms with Crippen molar-refractivity contribution in [2.24, 2.45) is 11.8 Å². The molecule has 1 N–H and O–H groups in total. The SMILES string of the molecule is CCNC(=O)C(C)N(Cc1ccccc1)C(=O)CCN1C(=O)[C@H]2CC=CC[C@H]2C1=O. The van der Waals surface area contributed by atoms with Crippen molar-refractivity contribution in [3.63, 3.8) is 0 Å². The van der Waals surface area contributed by atoms with Gasteiger partial charge in [0.05, 0.1) is 11.8 Å². The van der Waals surface area contributed by atoms with E-state index in [0.29, 0.717) is 19.4 Å². The molecule has 4 amide bonds. The quantitative estimate of drug-likeness (QED) is 0.523. The zero-order valence-electron chi connectivity index (χ0n) is 17.5. The van der Waals surface area contributed by atoms with Gasteiger partial charge >= 0.3 is 0 Å². The van der Waals surface area contributed by atoms with E-state index < -0.39 is 6.04 Å². The number of likely N-dealkylation sites (tertiary alicyclic amines) is 1. The molecule has 3 rings (SSSR count). The summed E-state index contributed by atoms with van der Waals surface area (Å²) >= 11 is 0. The largest absolute Gasteiger partial charge is 0.355 e. The summed E-state index contributed by atoms with van der Waals surface area (Å²) < 4.78 is 0. The number of hydrogen-bond acceptors (Lipinski definition) is 4. The van der Waals surface area contributed by atoms with E-state index in [0.717, 1.165) is 5.56 Å². The van der Waals surface area contributed by atoms with Gasteiger partial charge in [0.2, 0.25) is 23.6 Å². The van der Waals surface area contributed by atoms with E-state index in [1.54, 1.807) is 6.92 Å². The van der Waals surface area contributed by atoms with E-state index in [4.69, 9.17) is 0 Å². The Morgan fingerprint density at radius 2 is 1.70 bits per heavy atom. The summed E-state index contributed by atoms with van der Waals surface area (Å²) in [5, 5.41) is 2.75. The summed E-state index contributed by atoms with van der Waals surface area (Å²) in [7, 11) is 0. The van der Waals surface area contributed by atoms with Gasteiger partial charge in [-0.1, -0.05) is 42.5 Å². The van der Waals surface area contributed by atoms with Crippen molar-refractivity contribution in [1.29, 1.82) is 0 Å². The Morgan fingerprint density at radius 1 is 1.10 bits per heavy atom. The summed E-state index contributed by atoms with van der Waals surface area (Å²) in [4.78, 5) is 53.5. The van der Waals surface area contributed by atoms with Crippen LogP contribution in [0.15, 0.2) is 42.5 Å². The molecule has 3 atom stereocenters. The van der Waals surface area contributed by atoms with Gasteiger partial charge in [-0.15, -0.1) is 0 Å². The first-order valence-corrected chi connectivity index (χ1v) is 10.5. The number of carbonyl (C=O) groups is 4. The first kappa shape index (κ1) is 21.7. The molecule has 1 aromatic rings. The van der Waals surface area contributed by atoms with Crippen molar-refractivity contribution in [3.8, 4) is 0 Å². The number of hydrogen-bond donors (Lipinski definition) is 1. The second kappa shape index (κ2) is 9.69. The molecule has 1 aliphatic heterocycles. The van der Waals surface area contributed by atoms with Gasteiger partial charge in [0, 0.05) is 26.1 Å². The van der Waals surface area contributed by atoms with Crippen LogP contribution in [0.25, 0.3) is 0 Å². The predicted molar refractivity (Wildman–Crippen MR) is 112 cm³/mol. The number of fused-ring (bicyclic) bond motifs is 1. The van der Waals surface area contributed by atoms with Crippen LogP contribution in [0, 0.1) is 11.8 Å². The van der Waals surface area contributed by atoms with Gasteiger partial charge in [-0.05, 0) is 32.3 Å². The molecule has 0 saturated carbocycles. The topological polar surface area (TPSA) is 86.8 Å². The zero-order chi connectivity index (χ0) is 21.7. The summed E-state index contributed by atoms with van der Waals surface area (Å²) in [6, 6.07) is 8.79. The lowest BCUT2D eigenvalue weighted by Gasteiger charge is -2.29. The summed E-state index contributed by atoms with van der Waals surface area (Å²) in [5.41, 5.74) is 0.910. The van der Waals surface area contributed by atoms with Gasteiger partial charge in [0.25, 0.3) is 0 Å². The number of nitrogens with zero attached hydrogens (tertiary/aromatic N) is 2. The monoisotopic (exact) mass is 411 g/mol. The summed E-state index contributed by atoms with van der Waals surface area (Å²) in [6.07, 6.45) is 5.04. The predicted octanol–water partition coefficient (Wildman–Crippen LogP) is 1.88. The Balaban J connectivity index is 1.69. The molecule has 2 aliphatic rings. The highest BCUT2D eigenvalue weighted by atomic mass is 16.2. The molecule has 1 saturated heterocycles. The van der Waals surface area contributed by atoms with E-state index in [9.17, 15) is 19.2 Å².